The van der Waals surface area contributed by atoms with Crippen LogP contribution < -0.4 is 0 Å². The molecule has 3 aromatic rings. The maximum atomic E-state index is 2.58. The zero-order valence-corrected chi connectivity index (χ0v) is 37.1. The Hall–Kier alpha value is -2.34. The van der Waals surface area contributed by atoms with Crippen molar-refractivity contribution in [3.05, 3.63) is 105 Å². The van der Waals surface area contributed by atoms with Gasteiger partial charge in [0.1, 0.15) is 0 Å². The van der Waals surface area contributed by atoms with E-state index in [1.165, 1.54) is 83.0 Å². The summed E-state index contributed by atoms with van der Waals surface area (Å²) in [6, 6.07) is 22.8. The molecule has 0 aliphatic rings. The number of hydrogen-bond donors (Lipinski definition) is 0. The second-order valence-electron chi connectivity index (χ2n) is 22.2. The first-order chi connectivity index (χ1) is 23.1. The monoisotopic (exact) mass is 693 g/mol. The molecule has 0 amide bonds. The van der Waals surface area contributed by atoms with E-state index in [0.29, 0.717) is 5.92 Å². The van der Waals surface area contributed by atoms with Crippen LogP contribution in [0.15, 0.2) is 54.6 Å². The van der Waals surface area contributed by atoms with Crippen molar-refractivity contribution in [3.8, 4) is 0 Å². The summed E-state index contributed by atoms with van der Waals surface area (Å²) in [5, 5.41) is 0. The molecule has 0 fully saturated rings. The van der Waals surface area contributed by atoms with Crippen molar-refractivity contribution in [1.82, 2.24) is 0 Å². The van der Waals surface area contributed by atoms with E-state index in [4.69, 9.17) is 0 Å². The van der Waals surface area contributed by atoms with Crippen LogP contribution in [0.4, 0.5) is 0 Å². The summed E-state index contributed by atoms with van der Waals surface area (Å²) in [5.74, 6) is 0.572. The number of benzene rings is 3. The van der Waals surface area contributed by atoms with Crippen LogP contribution in [0.2, 0.25) is 0 Å². The van der Waals surface area contributed by atoms with Gasteiger partial charge in [-0.05, 0) is 94.9 Å². The van der Waals surface area contributed by atoms with Gasteiger partial charge in [0.25, 0.3) is 0 Å². The first kappa shape index (κ1) is 43.1. The third kappa shape index (κ3) is 10.9. The third-order valence-electron chi connectivity index (χ3n) is 11.3. The van der Waals surface area contributed by atoms with Crippen molar-refractivity contribution in [2.24, 2.45) is 0 Å². The standard InChI is InChI=1S/C51H80/c1-20-21-22-23-24-25-39(38-29-26-35(46(2,3)4)32-42(38)49(11,12)13)45(40-30-27-36(47(5,6)7)33-43(40)50(14,15)16)41-31-28-37(48(8,9)10)34-44(41)51(17,18)19/h26-34,39,45H,20-25H2,1-19H3. The molecule has 3 aromatic carbocycles. The van der Waals surface area contributed by atoms with Crippen molar-refractivity contribution < 1.29 is 0 Å². The van der Waals surface area contributed by atoms with Gasteiger partial charge in [-0.2, -0.15) is 0 Å². The van der Waals surface area contributed by atoms with Gasteiger partial charge in [-0.15, -0.1) is 0 Å². The Kier molecular flexibility index (Phi) is 13.1. The van der Waals surface area contributed by atoms with Gasteiger partial charge in [0.05, 0.1) is 0 Å². The minimum atomic E-state index is -0.00326. The molecule has 0 spiro atoms. The third-order valence-corrected chi connectivity index (χ3v) is 11.3. The molecule has 51 heavy (non-hydrogen) atoms. The van der Waals surface area contributed by atoms with Crippen molar-refractivity contribution in [1.29, 1.82) is 0 Å². The van der Waals surface area contributed by atoms with Gasteiger partial charge in [-0.1, -0.05) is 218 Å². The first-order valence-corrected chi connectivity index (χ1v) is 20.5. The van der Waals surface area contributed by atoms with Crippen LogP contribution in [0.25, 0.3) is 0 Å². The van der Waals surface area contributed by atoms with E-state index in [2.05, 4.69) is 186 Å². The summed E-state index contributed by atoms with van der Waals surface area (Å²) < 4.78 is 0. The van der Waals surface area contributed by atoms with Crippen molar-refractivity contribution in [2.45, 2.75) is 214 Å². The topological polar surface area (TPSA) is 0 Å². The maximum absolute atomic E-state index is 2.58. The summed E-state index contributed by atoms with van der Waals surface area (Å²) >= 11 is 0. The highest BCUT2D eigenvalue weighted by atomic mass is 14.4. The van der Waals surface area contributed by atoms with Gasteiger partial charge < -0.3 is 0 Å². The fourth-order valence-corrected chi connectivity index (χ4v) is 7.95. The van der Waals surface area contributed by atoms with Crippen LogP contribution in [-0.4, -0.2) is 0 Å². The lowest BCUT2D eigenvalue weighted by atomic mass is 9.64. The molecule has 0 saturated carbocycles. The van der Waals surface area contributed by atoms with Crippen molar-refractivity contribution in [3.63, 3.8) is 0 Å². The molecule has 0 bridgehead atoms. The summed E-state index contributed by atoms with van der Waals surface area (Å²) in [4.78, 5) is 0. The smallest absolute Gasteiger partial charge is 0.0164 e. The molecule has 1 atom stereocenters. The molecule has 0 nitrogen and oxygen atoms in total. The SMILES string of the molecule is CCCCCCCC(c1ccc(C(C)(C)C)cc1C(C)(C)C)C(c1ccc(C(C)(C)C)cc1C(C)(C)C)c1ccc(C(C)(C)C)cc1C(C)(C)C. The van der Waals surface area contributed by atoms with E-state index in [9.17, 15) is 0 Å². The molecule has 0 heterocycles. The average molecular weight is 693 g/mol. The molecule has 284 valence electrons. The largest absolute Gasteiger partial charge is 0.0654 e. The minimum absolute atomic E-state index is 0.00326. The summed E-state index contributed by atoms with van der Waals surface area (Å²) in [6.45, 7) is 45.5. The summed E-state index contributed by atoms with van der Waals surface area (Å²) in [6.07, 6.45) is 7.66. The number of hydrogen-bond acceptors (Lipinski definition) is 0. The zero-order chi connectivity index (χ0) is 39.0. The highest BCUT2D eigenvalue weighted by Crippen LogP contribution is 2.51. The molecule has 0 aliphatic carbocycles. The molecule has 3 rings (SSSR count). The summed E-state index contributed by atoms with van der Waals surface area (Å²) in [5.41, 5.74) is 13.7. The highest BCUT2D eigenvalue weighted by molar-refractivity contribution is 5.53. The molecular formula is C51H80. The molecule has 0 saturated heterocycles. The lowest BCUT2D eigenvalue weighted by molar-refractivity contribution is 0.472. The Morgan fingerprint density at radius 1 is 0.373 bits per heavy atom. The van der Waals surface area contributed by atoms with E-state index in [-0.39, 0.29) is 38.4 Å². The molecule has 0 N–H and O–H groups in total. The normalized spacial score (nSPS) is 14.4. The minimum Gasteiger partial charge on any atom is -0.0654 e. The maximum Gasteiger partial charge on any atom is 0.0164 e. The summed E-state index contributed by atoms with van der Waals surface area (Å²) in [7, 11) is 0. The number of unbranched alkanes of at least 4 members (excludes halogenated alkanes) is 4. The van der Waals surface area contributed by atoms with Gasteiger partial charge in [0, 0.05) is 5.92 Å². The lowest BCUT2D eigenvalue weighted by Gasteiger charge is -2.40. The highest BCUT2D eigenvalue weighted by Gasteiger charge is 2.37. The molecule has 1 unspecified atom stereocenters. The van der Waals surface area contributed by atoms with E-state index in [1.807, 2.05) is 0 Å². The Morgan fingerprint density at radius 3 is 1.00 bits per heavy atom. The fraction of sp³-hybridized carbons (Fsp3) is 0.647. The van der Waals surface area contributed by atoms with E-state index in [1.54, 1.807) is 5.56 Å². The zero-order valence-electron chi connectivity index (χ0n) is 37.1. The fourth-order valence-electron chi connectivity index (χ4n) is 7.95. The van der Waals surface area contributed by atoms with Gasteiger partial charge in [0.2, 0.25) is 0 Å². The van der Waals surface area contributed by atoms with Crippen LogP contribution in [0.1, 0.15) is 232 Å². The Morgan fingerprint density at radius 2 is 0.686 bits per heavy atom. The molecule has 0 aromatic heterocycles. The Balaban J connectivity index is 2.60. The second kappa shape index (κ2) is 15.6. The lowest BCUT2D eigenvalue weighted by Crippen LogP contribution is -2.27. The van der Waals surface area contributed by atoms with Gasteiger partial charge in [0.15, 0.2) is 0 Å². The average Bonchev–Trinajstić information content (AvgIpc) is 2.97. The van der Waals surface area contributed by atoms with Crippen LogP contribution >= 0.6 is 0 Å². The predicted octanol–water partition coefficient (Wildman–Crippen LogP) is 15.7. The van der Waals surface area contributed by atoms with Gasteiger partial charge in [-0.3, -0.25) is 0 Å². The van der Waals surface area contributed by atoms with E-state index in [0.717, 1.165) is 0 Å². The van der Waals surface area contributed by atoms with Crippen LogP contribution in [-0.2, 0) is 32.5 Å². The van der Waals surface area contributed by atoms with Gasteiger partial charge in [-0.25, -0.2) is 0 Å². The van der Waals surface area contributed by atoms with E-state index < -0.39 is 0 Å². The molecule has 0 radical (unpaired) electrons. The van der Waals surface area contributed by atoms with Crippen molar-refractivity contribution in [2.75, 3.05) is 0 Å². The second-order valence-corrected chi connectivity index (χ2v) is 22.2. The van der Waals surface area contributed by atoms with Gasteiger partial charge >= 0.3 is 0 Å². The molecule has 0 aliphatic heterocycles. The Bertz CT molecular complexity index is 1510. The first-order valence-electron chi connectivity index (χ1n) is 20.5. The van der Waals surface area contributed by atoms with Crippen molar-refractivity contribution >= 4 is 0 Å². The quantitative estimate of drug-likeness (QED) is 0.186. The Labute approximate surface area is 318 Å². The number of rotatable bonds is 10. The van der Waals surface area contributed by atoms with Crippen LogP contribution in [0, 0.1) is 0 Å². The molecular weight excluding hydrogens is 613 g/mol. The molecule has 0 heteroatoms. The predicted molar refractivity (Wildman–Crippen MR) is 229 cm³/mol. The van der Waals surface area contributed by atoms with Crippen LogP contribution in [0.5, 0.6) is 0 Å². The van der Waals surface area contributed by atoms with Crippen LogP contribution in [0.3, 0.4) is 0 Å². The van der Waals surface area contributed by atoms with E-state index >= 15 is 0 Å².